The van der Waals surface area contributed by atoms with Crippen molar-refractivity contribution in [2.24, 2.45) is 0 Å². The number of anilines is 1. The maximum Gasteiger partial charge on any atom is 0.224 e. The third-order valence-corrected chi connectivity index (χ3v) is 2.60. The van der Waals surface area contributed by atoms with E-state index >= 15 is 0 Å². The SMILES string of the molecule is COc1ccc(NC(=O)CCCCl)cc1OCCO. The highest BCUT2D eigenvalue weighted by Gasteiger charge is 2.08. The first kappa shape index (κ1) is 15.6. The van der Waals surface area contributed by atoms with Crippen molar-refractivity contribution < 1.29 is 19.4 Å². The van der Waals surface area contributed by atoms with Crippen LogP contribution in [0.5, 0.6) is 11.5 Å². The number of benzene rings is 1. The summed E-state index contributed by atoms with van der Waals surface area (Å²) in [6, 6.07) is 5.08. The monoisotopic (exact) mass is 287 g/mol. The molecule has 19 heavy (non-hydrogen) atoms. The molecule has 0 bridgehead atoms. The van der Waals surface area contributed by atoms with Crippen LogP contribution in [0.15, 0.2) is 18.2 Å². The van der Waals surface area contributed by atoms with E-state index < -0.39 is 0 Å². The molecule has 5 nitrogen and oxygen atoms in total. The quantitative estimate of drug-likeness (QED) is 0.718. The number of carbonyl (C=O) groups excluding carboxylic acids is 1. The molecule has 0 aliphatic heterocycles. The summed E-state index contributed by atoms with van der Waals surface area (Å²) in [5.41, 5.74) is 0.619. The van der Waals surface area contributed by atoms with E-state index in [-0.39, 0.29) is 19.1 Å². The lowest BCUT2D eigenvalue weighted by Crippen LogP contribution is -2.11. The Labute approximate surface area is 117 Å². The molecule has 1 amide bonds. The summed E-state index contributed by atoms with van der Waals surface area (Å²) in [6.07, 6.45) is 1.01. The molecular formula is C13H18ClNO4. The van der Waals surface area contributed by atoms with Crippen LogP contribution in [-0.4, -0.2) is 37.2 Å². The second-order valence-corrected chi connectivity index (χ2v) is 4.16. The van der Waals surface area contributed by atoms with Gasteiger partial charge in [0.2, 0.25) is 5.91 Å². The first-order valence-corrected chi connectivity index (χ1v) is 6.52. The summed E-state index contributed by atoms with van der Waals surface area (Å²) in [4.78, 5) is 11.6. The van der Waals surface area contributed by atoms with E-state index in [9.17, 15) is 4.79 Å². The zero-order valence-electron chi connectivity index (χ0n) is 10.8. The lowest BCUT2D eigenvalue weighted by molar-refractivity contribution is -0.116. The molecule has 1 aromatic carbocycles. The van der Waals surface area contributed by atoms with Gasteiger partial charge in [0.25, 0.3) is 0 Å². The van der Waals surface area contributed by atoms with Crippen LogP contribution < -0.4 is 14.8 Å². The van der Waals surface area contributed by atoms with Crippen LogP contribution in [0.3, 0.4) is 0 Å². The maximum atomic E-state index is 11.6. The number of methoxy groups -OCH3 is 1. The van der Waals surface area contributed by atoms with Crippen LogP contribution in [0.4, 0.5) is 5.69 Å². The van der Waals surface area contributed by atoms with E-state index in [0.717, 1.165) is 0 Å². The number of ether oxygens (including phenoxy) is 2. The van der Waals surface area contributed by atoms with Gasteiger partial charge < -0.3 is 19.9 Å². The highest BCUT2D eigenvalue weighted by atomic mass is 35.5. The fourth-order valence-electron chi connectivity index (χ4n) is 1.47. The number of aliphatic hydroxyl groups excluding tert-OH is 1. The van der Waals surface area contributed by atoms with Gasteiger partial charge in [-0.2, -0.15) is 0 Å². The van der Waals surface area contributed by atoms with Crippen molar-refractivity contribution in [1.82, 2.24) is 0 Å². The topological polar surface area (TPSA) is 67.8 Å². The smallest absolute Gasteiger partial charge is 0.224 e. The van der Waals surface area contributed by atoms with E-state index in [4.69, 9.17) is 26.2 Å². The summed E-state index contributed by atoms with van der Waals surface area (Å²) in [5.74, 6) is 1.39. The normalized spacial score (nSPS) is 10.1. The van der Waals surface area contributed by atoms with E-state index in [1.807, 2.05) is 0 Å². The van der Waals surface area contributed by atoms with Crippen LogP contribution in [0.25, 0.3) is 0 Å². The molecule has 0 atom stereocenters. The maximum absolute atomic E-state index is 11.6. The molecule has 0 spiro atoms. The van der Waals surface area contributed by atoms with Crippen LogP contribution in [0.1, 0.15) is 12.8 Å². The molecule has 0 unspecified atom stereocenters. The van der Waals surface area contributed by atoms with Crippen LogP contribution in [0.2, 0.25) is 0 Å². The minimum atomic E-state index is -0.0982. The van der Waals surface area contributed by atoms with Crippen LogP contribution >= 0.6 is 11.6 Å². The van der Waals surface area contributed by atoms with Gasteiger partial charge in [0.15, 0.2) is 11.5 Å². The van der Waals surface area contributed by atoms with Gasteiger partial charge in [0.05, 0.1) is 13.7 Å². The van der Waals surface area contributed by atoms with E-state index in [0.29, 0.717) is 35.9 Å². The number of aliphatic hydroxyl groups is 1. The predicted molar refractivity (Wildman–Crippen MR) is 74.2 cm³/mol. The van der Waals surface area contributed by atoms with Crippen molar-refractivity contribution in [1.29, 1.82) is 0 Å². The fraction of sp³-hybridized carbons (Fsp3) is 0.462. The molecular weight excluding hydrogens is 270 g/mol. The number of alkyl halides is 1. The lowest BCUT2D eigenvalue weighted by atomic mass is 10.2. The van der Waals surface area contributed by atoms with Crippen molar-refractivity contribution in [2.45, 2.75) is 12.8 Å². The Morgan fingerprint density at radius 1 is 1.42 bits per heavy atom. The molecule has 0 fully saturated rings. The summed E-state index contributed by atoms with van der Waals surface area (Å²) in [6.45, 7) is 0.0788. The van der Waals surface area contributed by atoms with E-state index in [1.54, 1.807) is 18.2 Å². The molecule has 106 valence electrons. The largest absolute Gasteiger partial charge is 0.493 e. The summed E-state index contributed by atoms with van der Waals surface area (Å²) >= 11 is 5.53. The third kappa shape index (κ3) is 5.36. The van der Waals surface area contributed by atoms with Crippen molar-refractivity contribution in [3.8, 4) is 11.5 Å². The lowest BCUT2D eigenvalue weighted by Gasteiger charge is -2.12. The zero-order valence-corrected chi connectivity index (χ0v) is 11.6. The Bertz CT molecular complexity index is 412. The average Bonchev–Trinajstić information content (AvgIpc) is 2.43. The zero-order chi connectivity index (χ0) is 14.1. The van der Waals surface area contributed by atoms with Gasteiger partial charge in [-0.3, -0.25) is 4.79 Å². The number of nitrogens with one attached hydrogen (secondary N) is 1. The van der Waals surface area contributed by atoms with Gasteiger partial charge in [-0.05, 0) is 18.6 Å². The summed E-state index contributed by atoms with van der Waals surface area (Å²) in [7, 11) is 1.53. The average molecular weight is 288 g/mol. The Morgan fingerprint density at radius 3 is 2.84 bits per heavy atom. The Balaban J connectivity index is 2.71. The molecule has 1 aromatic rings. The number of hydrogen-bond acceptors (Lipinski definition) is 4. The molecule has 0 radical (unpaired) electrons. The highest BCUT2D eigenvalue weighted by Crippen LogP contribution is 2.30. The van der Waals surface area contributed by atoms with Gasteiger partial charge in [-0.25, -0.2) is 0 Å². The molecule has 1 rings (SSSR count). The van der Waals surface area contributed by atoms with Gasteiger partial charge in [-0.1, -0.05) is 0 Å². The Morgan fingerprint density at radius 2 is 2.21 bits per heavy atom. The fourth-order valence-corrected chi connectivity index (χ4v) is 1.61. The second-order valence-electron chi connectivity index (χ2n) is 3.78. The predicted octanol–water partition coefficient (Wildman–Crippen LogP) is 2.02. The third-order valence-electron chi connectivity index (χ3n) is 2.33. The minimum absolute atomic E-state index is 0.0878. The summed E-state index contributed by atoms with van der Waals surface area (Å²) in [5, 5.41) is 11.5. The van der Waals surface area contributed by atoms with Gasteiger partial charge >= 0.3 is 0 Å². The van der Waals surface area contributed by atoms with E-state index in [1.165, 1.54) is 7.11 Å². The molecule has 0 heterocycles. The molecule has 0 aromatic heterocycles. The first-order chi connectivity index (χ1) is 9.21. The number of rotatable bonds is 8. The Hall–Kier alpha value is -1.46. The van der Waals surface area contributed by atoms with Crippen molar-refractivity contribution in [3.63, 3.8) is 0 Å². The molecule has 0 saturated heterocycles. The second kappa shape index (κ2) is 8.61. The number of halogens is 1. The van der Waals surface area contributed by atoms with Crippen LogP contribution in [-0.2, 0) is 4.79 Å². The van der Waals surface area contributed by atoms with Crippen LogP contribution in [0, 0.1) is 0 Å². The molecule has 2 N–H and O–H groups in total. The van der Waals surface area contributed by atoms with Gasteiger partial charge in [0, 0.05) is 24.1 Å². The molecule has 0 aliphatic rings. The Kier molecular flexibility index (Phi) is 7.07. The summed E-state index contributed by atoms with van der Waals surface area (Å²) < 4.78 is 10.5. The minimum Gasteiger partial charge on any atom is -0.493 e. The van der Waals surface area contributed by atoms with Crippen molar-refractivity contribution in [2.75, 3.05) is 31.5 Å². The highest BCUT2D eigenvalue weighted by molar-refractivity contribution is 6.18. The number of carbonyl (C=O) groups is 1. The van der Waals surface area contributed by atoms with E-state index in [2.05, 4.69) is 5.32 Å². The first-order valence-electron chi connectivity index (χ1n) is 5.98. The molecule has 0 saturated carbocycles. The number of hydrogen-bond donors (Lipinski definition) is 2. The molecule has 0 aliphatic carbocycles. The number of amides is 1. The van der Waals surface area contributed by atoms with Crippen molar-refractivity contribution in [3.05, 3.63) is 18.2 Å². The standard InChI is InChI=1S/C13H18ClNO4/c1-18-11-5-4-10(9-12(11)19-8-7-16)15-13(17)3-2-6-14/h4-5,9,16H,2-3,6-8H2,1H3,(H,15,17). The van der Waals surface area contributed by atoms with Gasteiger partial charge in [0.1, 0.15) is 6.61 Å². The van der Waals surface area contributed by atoms with Gasteiger partial charge in [-0.15, -0.1) is 11.6 Å². The molecule has 6 heteroatoms. The van der Waals surface area contributed by atoms with Crippen molar-refractivity contribution >= 4 is 23.2 Å².